The summed E-state index contributed by atoms with van der Waals surface area (Å²) in [6.45, 7) is 7.89. The highest BCUT2D eigenvalue weighted by Crippen LogP contribution is 2.10. The van der Waals surface area contributed by atoms with E-state index in [0.29, 0.717) is 19.4 Å². The molecule has 0 heterocycles. The van der Waals surface area contributed by atoms with Crippen LogP contribution in [0.25, 0.3) is 0 Å². The van der Waals surface area contributed by atoms with Crippen molar-refractivity contribution >= 4 is 11.8 Å². The maximum absolute atomic E-state index is 11.8. The van der Waals surface area contributed by atoms with Gasteiger partial charge in [0.25, 0.3) is 0 Å². The largest absolute Gasteiger partial charge is 0.354 e. The van der Waals surface area contributed by atoms with Gasteiger partial charge >= 0.3 is 0 Å². The lowest BCUT2D eigenvalue weighted by Gasteiger charge is -2.25. The van der Waals surface area contributed by atoms with Crippen LogP contribution < -0.4 is 16.4 Å². The lowest BCUT2D eigenvalue weighted by molar-refractivity contribution is -0.126. The normalized spacial score (nSPS) is 11.4. The number of nitrogens with two attached hydrogens (primary N) is 1. The van der Waals surface area contributed by atoms with E-state index in [2.05, 4.69) is 10.6 Å². The van der Waals surface area contributed by atoms with Crippen LogP contribution in [0.5, 0.6) is 0 Å². The Kier molecular flexibility index (Phi) is 6.80. The van der Waals surface area contributed by atoms with E-state index in [1.165, 1.54) is 0 Å². The Morgan fingerprint density at radius 1 is 1.24 bits per heavy atom. The van der Waals surface area contributed by atoms with Crippen LogP contribution in [0.1, 0.15) is 47.0 Å². The Morgan fingerprint density at radius 2 is 1.76 bits per heavy atom. The highest BCUT2D eigenvalue weighted by atomic mass is 16.2. The summed E-state index contributed by atoms with van der Waals surface area (Å²) in [6, 6.07) is 0.123. The van der Waals surface area contributed by atoms with Crippen LogP contribution in [0.3, 0.4) is 0 Å². The number of hydrogen-bond acceptors (Lipinski definition) is 3. The van der Waals surface area contributed by atoms with Crippen LogP contribution in [-0.4, -0.2) is 29.9 Å². The highest BCUT2D eigenvalue weighted by Gasteiger charge is 2.29. The third-order valence-electron chi connectivity index (χ3n) is 2.80. The zero-order chi connectivity index (χ0) is 13.5. The summed E-state index contributed by atoms with van der Waals surface area (Å²) in [5.74, 6) is -0.240. The maximum atomic E-state index is 11.8. The van der Waals surface area contributed by atoms with Crippen LogP contribution in [0, 0.1) is 0 Å². The van der Waals surface area contributed by atoms with Crippen molar-refractivity contribution in [2.24, 2.45) is 5.73 Å². The number of hydrogen-bond donors (Lipinski definition) is 3. The molecule has 0 aliphatic carbocycles. The second kappa shape index (κ2) is 7.27. The van der Waals surface area contributed by atoms with Crippen molar-refractivity contribution in [3.05, 3.63) is 0 Å². The molecule has 0 spiro atoms. The van der Waals surface area contributed by atoms with E-state index in [9.17, 15) is 9.59 Å². The number of carbonyl (C=O) groups excluding carboxylic acids is 2. The van der Waals surface area contributed by atoms with Crippen LogP contribution in [0.4, 0.5) is 0 Å². The minimum atomic E-state index is -0.811. The average molecular weight is 243 g/mol. The molecule has 0 saturated carbocycles. The van der Waals surface area contributed by atoms with Gasteiger partial charge in [0.15, 0.2) is 0 Å². The minimum absolute atomic E-state index is 0.0593. The SMILES string of the molecule is CCC(N)(CC)C(=O)NCCC(=O)NC(C)C. The first-order valence-corrected chi connectivity index (χ1v) is 6.22. The number of nitrogens with one attached hydrogen (secondary N) is 2. The van der Waals surface area contributed by atoms with Crippen molar-refractivity contribution in [1.29, 1.82) is 0 Å². The summed E-state index contributed by atoms with van der Waals surface area (Å²) in [7, 11) is 0. The zero-order valence-corrected chi connectivity index (χ0v) is 11.3. The molecule has 0 atom stereocenters. The first kappa shape index (κ1) is 15.9. The molecule has 0 unspecified atom stereocenters. The Morgan fingerprint density at radius 3 is 2.18 bits per heavy atom. The van der Waals surface area contributed by atoms with E-state index in [-0.39, 0.29) is 24.3 Å². The molecule has 0 fully saturated rings. The second-order valence-corrected chi connectivity index (χ2v) is 4.59. The van der Waals surface area contributed by atoms with Gasteiger partial charge in [0.1, 0.15) is 0 Å². The maximum Gasteiger partial charge on any atom is 0.240 e. The summed E-state index contributed by atoms with van der Waals surface area (Å²) < 4.78 is 0. The van der Waals surface area contributed by atoms with Crippen molar-refractivity contribution < 1.29 is 9.59 Å². The molecule has 100 valence electrons. The Hall–Kier alpha value is -1.10. The summed E-state index contributed by atoms with van der Waals surface area (Å²) in [5.41, 5.74) is 5.11. The van der Waals surface area contributed by atoms with Gasteiger partial charge in [0.2, 0.25) is 11.8 Å². The van der Waals surface area contributed by atoms with Crippen LogP contribution >= 0.6 is 0 Å². The van der Waals surface area contributed by atoms with Gasteiger partial charge < -0.3 is 16.4 Å². The second-order valence-electron chi connectivity index (χ2n) is 4.59. The summed E-state index contributed by atoms with van der Waals surface area (Å²) in [4.78, 5) is 23.1. The molecule has 0 aromatic carbocycles. The molecule has 0 bridgehead atoms. The van der Waals surface area contributed by atoms with Gasteiger partial charge in [-0.2, -0.15) is 0 Å². The summed E-state index contributed by atoms with van der Waals surface area (Å²) in [6.07, 6.45) is 1.47. The Balaban J connectivity index is 3.97. The van der Waals surface area contributed by atoms with Crippen molar-refractivity contribution in [2.75, 3.05) is 6.54 Å². The monoisotopic (exact) mass is 243 g/mol. The molecule has 5 heteroatoms. The molecule has 5 nitrogen and oxygen atoms in total. The lowest BCUT2D eigenvalue weighted by Crippen LogP contribution is -2.53. The Bertz CT molecular complexity index is 260. The Labute approximate surface area is 104 Å². The van der Waals surface area contributed by atoms with Gasteiger partial charge in [-0.25, -0.2) is 0 Å². The van der Waals surface area contributed by atoms with Crippen molar-refractivity contribution in [3.8, 4) is 0 Å². The van der Waals surface area contributed by atoms with Gasteiger partial charge in [-0.1, -0.05) is 13.8 Å². The molecule has 17 heavy (non-hydrogen) atoms. The van der Waals surface area contributed by atoms with Gasteiger partial charge in [0, 0.05) is 19.0 Å². The topological polar surface area (TPSA) is 84.2 Å². The van der Waals surface area contributed by atoms with Crippen molar-refractivity contribution in [3.63, 3.8) is 0 Å². The molecule has 0 aromatic rings. The predicted molar refractivity (Wildman–Crippen MR) is 68.4 cm³/mol. The third kappa shape index (κ3) is 5.68. The summed E-state index contributed by atoms with van der Waals surface area (Å²) in [5, 5.41) is 5.47. The quantitative estimate of drug-likeness (QED) is 0.610. The molecule has 4 N–H and O–H groups in total. The van der Waals surface area contributed by atoms with Gasteiger partial charge in [0.05, 0.1) is 5.54 Å². The van der Waals surface area contributed by atoms with E-state index in [1.54, 1.807) is 0 Å². The summed E-state index contributed by atoms with van der Waals surface area (Å²) >= 11 is 0. The van der Waals surface area contributed by atoms with Crippen LogP contribution in [0.15, 0.2) is 0 Å². The van der Waals surface area contributed by atoms with E-state index < -0.39 is 5.54 Å². The van der Waals surface area contributed by atoms with Gasteiger partial charge in [-0.05, 0) is 26.7 Å². The van der Waals surface area contributed by atoms with E-state index in [0.717, 1.165) is 0 Å². The van der Waals surface area contributed by atoms with Crippen LogP contribution in [-0.2, 0) is 9.59 Å². The first-order chi connectivity index (χ1) is 7.85. The zero-order valence-electron chi connectivity index (χ0n) is 11.3. The number of rotatable bonds is 7. The van der Waals surface area contributed by atoms with E-state index >= 15 is 0 Å². The predicted octanol–water partition coefficient (Wildman–Crippen LogP) is 0.535. The van der Waals surface area contributed by atoms with Crippen LogP contribution in [0.2, 0.25) is 0 Å². The number of amides is 2. The molecule has 0 rings (SSSR count). The van der Waals surface area contributed by atoms with Gasteiger partial charge in [-0.3, -0.25) is 9.59 Å². The highest BCUT2D eigenvalue weighted by molar-refractivity contribution is 5.86. The fourth-order valence-corrected chi connectivity index (χ4v) is 1.43. The molecule has 2 amide bonds. The lowest BCUT2D eigenvalue weighted by atomic mass is 9.93. The standard InChI is InChI=1S/C12H25N3O2/c1-5-12(13,6-2)11(17)14-8-7-10(16)15-9(3)4/h9H,5-8,13H2,1-4H3,(H,14,17)(H,15,16). The fraction of sp³-hybridized carbons (Fsp3) is 0.833. The molecule has 0 aromatic heterocycles. The first-order valence-electron chi connectivity index (χ1n) is 6.22. The fourth-order valence-electron chi connectivity index (χ4n) is 1.43. The average Bonchev–Trinajstić information content (AvgIpc) is 2.26. The molecule has 0 saturated heterocycles. The van der Waals surface area contributed by atoms with E-state index in [4.69, 9.17) is 5.73 Å². The van der Waals surface area contributed by atoms with Gasteiger partial charge in [-0.15, -0.1) is 0 Å². The third-order valence-corrected chi connectivity index (χ3v) is 2.80. The molecular weight excluding hydrogens is 218 g/mol. The molecule has 0 radical (unpaired) electrons. The minimum Gasteiger partial charge on any atom is -0.354 e. The molecule has 0 aliphatic heterocycles. The smallest absolute Gasteiger partial charge is 0.240 e. The molecular formula is C12H25N3O2. The number of carbonyl (C=O) groups is 2. The van der Waals surface area contributed by atoms with E-state index in [1.807, 2.05) is 27.7 Å². The van der Waals surface area contributed by atoms with Crippen molar-refractivity contribution in [1.82, 2.24) is 10.6 Å². The van der Waals surface area contributed by atoms with Crippen molar-refractivity contribution in [2.45, 2.75) is 58.5 Å². The molecule has 0 aliphatic rings.